The quantitative estimate of drug-likeness (QED) is 0.737. The molecule has 1 aromatic rings. The summed E-state index contributed by atoms with van der Waals surface area (Å²) in [7, 11) is 0. The first kappa shape index (κ1) is 12.8. The Morgan fingerprint density at radius 2 is 2.06 bits per heavy atom. The Kier molecular flexibility index (Phi) is 5.63. The highest BCUT2D eigenvalue weighted by Gasteiger charge is 2.07. The van der Waals surface area contributed by atoms with Crippen LogP contribution in [0.4, 0.5) is 0 Å². The molecule has 86 valence electrons. The van der Waals surface area contributed by atoms with Gasteiger partial charge in [-0.15, -0.1) is 6.42 Å². The van der Waals surface area contributed by atoms with E-state index in [9.17, 15) is 0 Å². The summed E-state index contributed by atoms with van der Waals surface area (Å²) < 4.78 is 0. The fourth-order valence-electron chi connectivity index (χ4n) is 1.67. The van der Waals surface area contributed by atoms with Crippen molar-refractivity contribution in [2.75, 3.05) is 19.6 Å². The fraction of sp³-hybridized carbons (Fsp3) is 0.429. The van der Waals surface area contributed by atoms with Crippen molar-refractivity contribution in [3.8, 4) is 12.3 Å². The van der Waals surface area contributed by atoms with E-state index in [4.69, 9.17) is 12.2 Å². The van der Waals surface area contributed by atoms with Crippen LogP contribution in [-0.2, 0) is 0 Å². The maximum absolute atomic E-state index is 6.12. The standard InChI is InChI=1S/C14H20N2/c1-3-11-16(4-2)12-10-14(15)13-8-6-5-7-9-13/h1,5-9,14H,4,10-12,15H2,2H3. The Morgan fingerprint density at radius 3 is 2.62 bits per heavy atom. The molecule has 1 unspecified atom stereocenters. The molecule has 0 saturated heterocycles. The average molecular weight is 216 g/mol. The van der Waals surface area contributed by atoms with Gasteiger partial charge < -0.3 is 5.73 Å². The number of hydrogen-bond acceptors (Lipinski definition) is 2. The molecule has 0 amide bonds. The topological polar surface area (TPSA) is 29.3 Å². The van der Waals surface area contributed by atoms with Gasteiger partial charge in [0.05, 0.1) is 6.54 Å². The third-order valence-electron chi connectivity index (χ3n) is 2.75. The molecule has 0 aliphatic heterocycles. The zero-order valence-electron chi connectivity index (χ0n) is 9.89. The number of nitrogens with zero attached hydrogens (tertiary/aromatic N) is 1. The van der Waals surface area contributed by atoms with Crippen molar-refractivity contribution in [2.24, 2.45) is 5.73 Å². The molecule has 0 aromatic heterocycles. The van der Waals surface area contributed by atoms with E-state index in [0.29, 0.717) is 6.54 Å². The molecular weight excluding hydrogens is 196 g/mol. The van der Waals surface area contributed by atoms with Crippen LogP contribution < -0.4 is 5.73 Å². The Bertz CT molecular complexity index is 326. The SMILES string of the molecule is C#CCN(CC)CCC(N)c1ccccc1. The highest BCUT2D eigenvalue weighted by atomic mass is 15.1. The lowest BCUT2D eigenvalue weighted by Gasteiger charge is -2.20. The van der Waals surface area contributed by atoms with E-state index in [1.165, 1.54) is 5.56 Å². The summed E-state index contributed by atoms with van der Waals surface area (Å²) in [4.78, 5) is 2.22. The Morgan fingerprint density at radius 1 is 1.38 bits per heavy atom. The van der Waals surface area contributed by atoms with E-state index in [-0.39, 0.29) is 6.04 Å². The molecule has 0 spiro atoms. The number of rotatable bonds is 6. The molecule has 1 rings (SSSR count). The lowest BCUT2D eigenvalue weighted by molar-refractivity contribution is 0.309. The molecule has 2 N–H and O–H groups in total. The minimum absolute atomic E-state index is 0.105. The monoisotopic (exact) mass is 216 g/mol. The van der Waals surface area contributed by atoms with Gasteiger partial charge in [-0.2, -0.15) is 0 Å². The second-order valence-corrected chi connectivity index (χ2v) is 3.88. The molecule has 0 radical (unpaired) electrons. The van der Waals surface area contributed by atoms with Crippen molar-refractivity contribution >= 4 is 0 Å². The third-order valence-corrected chi connectivity index (χ3v) is 2.75. The summed E-state index contributed by atoms with van der Waals surface area (Å²) in [5.41, 5.74) is 7.31. The average Bonchev–Trinajstić information content (AvgIpc) is 2.35. The van der Waals surface area contributed by atoms with Crippen LogP contribution in [0.25, 0.3) is 0 Å². The van der Waals surface area contributed by atoms with Crippen LogP contribution in [0.5, 0.6) is 0 Å². The van der Waals surface area contributed by atoms with Crippen LogP contribution in [-0.4, -0.2) is 24.5 Å². The first-order valence-electron chi connectivity index (χ1n) is 5.74. The smallest absolute Gasteiger partial charge is 0.0598 e. The normalized spacial score (nSPS) is 12.4. The first-order chi connectivity index (χ1) is 7.77. The maximum Gasteiger partial charge on any atom is 0.0598 e. The fourth-order valence-corrected chi connectivity index (χ4v) is 1.67. The lowest BCUT2D eigenvalue weighted by atomic mass is 10.0. The Balaban J connectivity index is 2.41. The van der Waals surface area contributed by atoms with Crippen molar-refractivity contribution in [1.82, 2.24) is 4.90 Å². The van der Waals surface area contributed by atoms with Gasteiger partial charge in [0, 0.05) is 12.6 Å². The Hall–Kier alpha value is -1.30. The second-order valence-electron chi connectivity index (χ2n) is 3.88. The number of benzene rings is 1. The predicted molar refractivity (Wildman–Crippen MR) is 68.9 cm³/mol. The largest absolute Gasteiger partial charge is 0.324 e. The number of terminal acetylenes is 1. The number of nitrogens with two attached hydrogens (primary N) is 1. The molecule has 0 aliphatic carbocycles. The molecule has 1 atom stereocenters. The summed E-state index contributed by atoms with van der Waals surface area (Å²) >= 11 is 0. The van der Waals surface area contributed by atoms with Gasteiger partial charge in [0.15, 0.2) is 0 Å². The molecule has 1 aromatic carbocycles. The molecule has 16 heavy (non-hydrogen) atoms. The zero-order chi connectivity index (χ0) is 11.8. The molecule has 0 heterocycles. The van der Waals surface area contributed by atoms with Gasteiger partial charge in [-0.1, -0.05) is 43.2 Å². The molecule has 0 bridgehead atoms. The Labute approximate surface area is 98.4 Å². The van der Waals surface area contributed by atoms with Crippen LogP contribution in [0.1, 0.15) is 24.9 Å². The maximum atomic E-state index is 6.12. The van der Waals surface area contributed by atoms with Gasteiger partial charge in [-0.3, -0.25) is 4.90 Å². The summed E-state index contributed by atoms with van der Waals surface area (Å²) in [5, 5.41) is 0. The molecule has 0 saturated carbocycles. The van der Waals surface area contributed by atoms with Crippen molar-refractivity contribution < 1.29 is 0 Å². The van der Waals surface area contributed by atoms with Gasteiger partial charge in [0.1, 0.15) is 0 Å². The van der Waals surface area contributed by atoms with Gasteiger partial charge in [-0.05, 0) is 18.5 Å². The minimum atomic E-state index is 0.105. The van der Waals surface area contributed by atoms with E-state index in [0.717, 1.165) is 19.5 Å². The summed E-state index contributed by atoms with van der Waals surface area (Å²) in [5.74, 6) is 2.67. The highest BCUT2D eigenvalue weighted by Crippen LogP contribution is 2.13. The summed E-state index contributed by atoms with van der Waals surface area (Å²) in [6.45, 7) is 4.76. The van der Waals surface area contributed by atoms with Crippen molar-refractivity contribution in [2.45, 2.75) is 19.4 Å². The van der Waals surface area contributed by atoms with Crippen LogP contribution in [0.2, 0.25) is 0 Å². The van der Waals surface area contributed by atoms with Crippen LogP contribution in [0, 0.1) is 12.3 Å². The van der Waals surface area contributed by atoms with E-state index in [2.05, 4.69) is 29.9 Å². The van der Waals surface area contributed by atoms with Gasteiger partial charge >= 0.3 is 0 Å². The van der Waals surface area contributed by atoms with Gasteiger partial charge in [0.2, 0.25) is 0 Å². The van der Waals surface area contributed by atoms with E-state index in [1.54, 1.807) is 0 Å². The minimum Gasteiger partial charge on any atom is -0.324 e. The summed E-state index contributed by atoms with van der Waals surface area (Å²) in [6, 6.07) is 10.3. The molecule has 2 nitrogen and oxygen atoms in total. The van der Waals surface area contributed by atoms with E-state index >= 15 is 0 Å². The van der Waals surface area contributed by atoms with Crippen molar-refractivity contribution in [1.29, 1.82) is 0 Å². The van der Waals surface area contributed by atoms with Gasteiger partial charge in [-0.25, -0.2) is 0 Å². The number of hydrogen-bond donors (Lipinski definition) is 1. The zero-order valence-corrected chi connectivity index (χ0v) is 9.89. The first-order valence-corrected chi connectivity index (χ1v) is 5.74. The second kappa shape index (κ2) is 7.05. The van der Waals surface area contributed by atoms with E-state index in [1.807, 2.05) is 18.2 Å². The van der Waals surface area contributed by atoms with Crippen molar-refractivity contribution in [3.63, 3.8) is 0 Å². The molecular formula is C14H20N2. The summed E-state index contributed by atoms with van der Waals surface area (Å²) in [6.07, 6.45) is 6.24. The predicted octanol–water partition coefficient (Wildman–Crippen LogP) is 2.03. The third kappa shape index (κ3) is 4.06. The highest BCUT2D eigenvalue weighted by molar-refractivity contribution is 5.18. The van der Waals surface area contributed by atoms with Gasteiger partial charge in [0.25, 0.3) is 0 Å². The van der Waals surface area contributed by atoms with E-state index < -0.39 is 0 Å². The van der Waals surface area contributed by atoms with Crippen LogP contribution in [0.15, 0.2) is 30.3 Å². The van der Waals surface area contributed by atoms with Crippen LogP contribution in [0.3, 0.4) is 0 Å². The lowest BCUT2D eigenvalue weighted by Crippen LogP contribution is -2.27. The molecule has 2 heteroatoms. The molecule has 0 fully saturated rings. The van der Waals surface area contributed by atoms with Crippen LogP contribution >= 0.6 is 0 Å². The van der Waals surface area contributed by atoms with Crippen molar-refractivity contribution in [3.05, 3.63) is 35.9 Å². The molecule has 0 aliphatic rings.